The van der Waals surface area contributed by atoms with E-state index in [1.807, 2.05) is 18.2 Å². The first-order valence-electron chi connectivity index (χ1n) is 7.60. The van der Waals surface area contributed by atoms with Crippen molar-refractivity contribution >= 4 is 27.3 Å². The SMILES string of the molecule is CC(O)Cn1ncnc1-c1nc2c(s1)CCOc1cc(Br)ccc1-2. The molecule has 8 heteroatoms. The normalized spacial score (nSPS) is 14.5. The molecule has 0 spiro atoms. The van der Waals surface area contributed by atoms with Crippen molar-refractivity contribution in [3.8, 4) is 27.8 Å². The minimum atomic E-state index is -0.491. The zero-order valence-electron chi connectivity index (χ0n) is 12.9. The molecule has 1 aliphatic heterocycles. The third-order valence-corrected chi connectivity index (χ3v) is 5.33. The Morgan fingerprint density at radius 1 is 1.46 bits per heavy atom. The second kappa shape index (κ2) is 6.27. The fraction of sp³-hybridized carbons (Fsp3) is 0.312. The molecule has 0 amide bonds. The van der Waals surface area contributed by atoms with E-state index in [9.17, 15) is 5.11 Å². The van der Waals surface area contributed by atoms with Crippen LogP contribution in [0.2, 0.25) is 0 Å². The Morgan fingerprint density at radius 2 is 2.33 bits per heavy atom. The molecule has 6 nitrogen and oxygen atoms in total. The van der Waals surface area contributed by atoms with E-state index in [-0.39, 0.29) is 0 Å². The van der Waals surface area contributed by atoms with Gasteiger partial charge in [-0.3, -0.25) is 0 Å². The zero-order valence-corrected chi connectivity index (χ0v) is 15.3. The number of halogens is 1. The van der Waals surface area contributed by atoms with Gasteiger partial charge < -0.3 is 9.84 Å². The summed E-state index contributed by atoms with van der Waals surface area (Å²) in [6.45, 7) is 2.75. The van der Waals surface area contributed by atoms with Crippen molar-refractivity contribution in [3.05, 3.63) is 33.9 Å². The molecule has 0 saturated heterocycles. The molecule has 2 aromatic heterocycles. The summed E-state index contributed by atoms with van der Waals surface area (Å²) in [7, 11) is 0. The van der Waals surface area contributed by atoms with Crippen LogP contribution in [-0.2, 0) is 13.0 Å². The molecule has 0 fully saturated rings. The molecule has 1 aromatic carbocycles. The summed E-state index contributed by atoms with van der Waals surface area (Å²) in [6.07, 6.45) is 1.82. The lowest BCUT2D eigenvalue weighted by molar-refractivity contribution is 0.169. The van der Waals surface area contributed by atoms with Crippen LogP contribution >= 0.6 is 27.3 Å². The molecule has 4 rings (SSSR count). The van der Waals surface area contributed by atoms with Crippen LogP contribution in [-0.4, -0.2) is 37.6 Å². The number of fused-ring (bicyclic) bond motifs is 3. The Morgan fingerprint density at radius 3 is 3.17 bits per heavy atom. The Labute approximate surface area is 151 Å². The molecule has 1 N–H and O–H groups in total. The molecule has 0 aliphatic carbocycles. The molecular weight excluding hydrogens is 392 g/mol. The lowest BCUT2D eigenvalue weighted by Gasteiger charge is -2.07. The number of aliphatic hydroxyl groups is 1. The topological polar surface area (TPSA) is 73.1 Å². The van der Waals surface area contributed by atoms with Gasteiger partial charge in [-0.05, 0) is 25.1 Å². The standard InChI is InChI=1S/C16H15BrN4O2S/c1-9(22)7-21-15(18-8-19-21)16-20-14-11-3-2-10(17)6-12(11)23-5-4-13(14)24-16/h2-3,6,8-9,22H,4-5,7H2,1H3. The maximum atomic E-state index is 9.62. The zero-order chi connectivity index (χ0) is 16.7. The summed E-state index contributed by atoms with van der Waals surface area (Å²) < 4.78 is 8.53. The molecule has 124 valence electrons. The van der Waals surface area contributed by atoms with Crippen LogP contribution in [0.15, 0.2) is 29.0 Å². The minimum absolute atomic E-state index is 0.395. The van der Waals surface area contributed by atoms with E-state index < -0.39 is 6.10 Å². The third-order valence-electron chi connectivity index (χ3n) is 3.73. The quantitative estimate of drug-likeness (QED) is 0.722. The number of hydrogen-bond donors (Lipinski definition) is 1. The van der Waals surface area contributed by atoms with Gasteiger partial charge in [0.1, 0.15) is 12.1 Å². The summed E-state index contributed by atoms with van der Waals surface area (Å²) >= 11 is 5.09. The van der Waals surface area contributed by atoms with Gasteiger partial charge in [0.15, 0.2) is 10.8 Å². The largest absolute Gasteiger partial charge is 0.492 e. The lowest BCUT2D eigenvalue weighted by Crippen LogP contribution is -2.14. The summed E-state index contributed by atoms with van der Waals surface area (Å²) in [5, 5.41) is 14.6. The van der Waals surface area contributed by atoms with Gasteiger partial charge in [0.25, 0.3) is 0 Å². The van der Waals surface area contributed by atoms with Gasteiger partial charge in [0.2, 0.25) is 0 Å². The molecule has 1 aliphatic rings. The highest BCUT2D eigenvalue weighted by Gasteiger charge is 2.23. The Hall–Kier alpha value is -1.77. The lowest BCUT2D eigenvalue weighted by atomic mass is 10.1. The number of nitrogens with zero attached hydrogens (tertiary/aromatic N) is 4. The first-order chi connectivity index (χ1) is 11.6. The first-order valence-corrected chi connectivity index (χ1v) is 9.21. The molecular formula is C16H15BrN4O2S. The number of rotatable bonds is 3. The van der Waals surface area contributed by atoms with Gasteiger partial charge in [-0.1, -0.05) is 15.9 Å². The van der Waals surface area contributed by atoms with E-state index in [0.29, 0.717) is 19.0 Å². The van der Waals surface area contributed by atoms with Crippen molar-refractivity contribution in [1.29, 1.82) is 0 Å². The van der Waals surface area contributed by atoms with Crippen molar-refractivity contribution in [1.82, 2.24) is 19.7 Å². The van der Waals surface area contributed by atoms with Crippen molar-refractivity contribution in [2.75, 3.05) is 6.61 Å². The number of benzene rings is 1. The molecule has 3 aromatic rings. The summed E-state index contributed by atoms with van der Waals surface area (Å²) in [4.78, 5) is 10.3. The molecule has 1 atom stereocenters. The number of aliphatic hydroxyl groups excluding tert-OH is 1. The van der Waals surface area contributed by atoms with Crippen molar-refractivity contribution in [2.24, 2.45) is 0 Å². The maximum Gasteiger partial charge on any atom is 0.187 e. The second-order valence-electron chi connectivity index (χ2n) is 5.64. The number of hydrogen-bond acceptors (Lipinski definition) is 6. The van der Waals surface area contributed by atoms with Gasteiger partial charge in [-0.15, -0.1) is 11.3 Å². The van der Waals surface area contributed by atoms with Gasteiger partial charge in [-0.25, -0.2) is 14.6 Å². The van der Waals surface area contributed by atoms with Crippen LogP contribution in [0.3, 0.4) is 0 Å². The summed E-state index contributed by atoms with van der Waals surface area (Å²) in [5.41, 5.74) is 1.94. The smallest absolute Gasteiger partial charge is 0.187 e. The first kappa shape index (κ1) is 15.7. The van der Waals surface area contributed by atoms with Gasteiger partial charge in [-0.2, -0.15) is 5.10 Å². The highest BCUT2D eigenvalue weighted by molar-refractivity contribution is 9.10. The van der Waals surface area contributed by atoms with Crippen molar-refractivity contribution in [2.45, 2.75) is 26.0 Å². The van der Waals surface area contributed by atoms with Crippen LogP contribution in [0.25, 0.3) is 22.1 Å². The molecule has 0 saturated carbocycles. The second-order valence-corrected chi connectivity index (χ2v) is 7.64. The summed E-state index contributed by atoms with van der Waals surface area (Å²) in [6, 6.07) is 5.99. The van der Waals surface area contributed by atoms with E-state index in [2.05, 4.69) is 26.0 Å². The average molecular weight is 407 g/mol. The molecule has 3 heterocycles. The predicted octanol–water partition coefficient (Wildman–Crippen LogP) is 3.15. The molecule has 0 bridgehead atoms. The fourth-order valence-corrected chi connectivity index (χ4v) is 4.10. The van der Waals surface area contributed by atoms with Crippen LogP contribution in [0.5, 0.6) is 5.75 Å². The predicted molar refractivity (Wildman–Crippen MR) is 95.1 cm³/mol. The number of aromatic nitrogens is 4. The van der Waals surface area contributed by atoms with E-state index in [1.165, 1.54) is 11.2 Å². The minimum Gasteiger partial charge on any atom is -0.492 e. The number of thiazole rings is 1. The highest BCUT2D eigenvalue weighted by atomic mass is 79.9. The van der Waals surface area contributed by atoms with E-state index in [0.717, 1.165) is 32.9 Å². The highest BCUT2D eigenvalue weighted by Crippen LogP contribution is 2.40. The third kappa shape index (κ3) is 2.85. The van der Waals surface area contributed by atoms with Crippen LogP contribution in [0.1, 0.15) is 11.8 Å². The van der Waals surface area contributed by atoms with Gasteiger partial charge >= 0.3 is 0 Å². The molecule has 24 heavy (non-hydrogen) atoms. The maximum absolute atomic E-state index is 9.62. The molecule has 0 radical (unpaired) electrons. The average Bonchev–Trinajstić information content (AvgIpc) is 3.10. The monoisotopic (exact) mass is 406 g/mol. The fourth-order valence-electron chi connectivity index (χ4n) is 2.71. The van der Waals surface area contributed by atoms with Gasteiger partial charge in [0.05, 0.1) is 24.9 Å². The van der Waals surface area contributed by atoms with Gasteiger partial charge in [0, 0.05) is 21.3 Å². The number of ether oxygens (including phenoxy) is 1. The summed E-state index contributed by atoms with van der Waals surface area (Å²) in [5.74, 6) is 1.53. The Balaban J connectivity index is 1.80. The van der Waals surface area contributed by atoms with Crippen LogP contribution < -0.4 is 4.74 Å². The Kier molecular flexibility index (Phi) is 4.11. The van der Waals surface area contributed by atoms with E-state index in [4.69, 9.17) is 9.72 Å². The van der Waals surface area contributed by atoms with E-state index >= 15 is 0 Å². The Bertz CT molecular complexity index is 890. The van der Waals surface area contributed by atoms with E-state index in [1.54, 1.807) is 22.9 Å². The van der Waals surface area contributed by atoms with Crippen LogP contribution in [0, 0.1) is 0 Å². The van der Waals surface area contributed by atoms with Crippen LogP contribution in [0.4, 0.5) is 0 Å². The molecule has 1 unspecified atom stereocenters. The van der Waals surface area contributed by atoms with Crippen molar-refractivity contribution < 1.29 is 9.84 Å². The van der Waals surface area contributed by atoms with Crippen molar-refractivity contribution in [3.63, 3.8) is 0 Å².